The topological polar surface area (TPSA) is 58.6 Å². The van der Waals surface area contributed by atoms with Crippen molar-refractivity contribution < 1.29 is 14.6 Å². The third-order valence-corrected chi connectivity index (χ3v) is 4.76. The molecule has 4 heteroatoms. The van der Waals surface area contributed by atoms with E-state index in [1.54, 1.807) is 12.1 Å². The molecule has 30 heavy (non-hydrogen) atoms. The molecule has 0 heterocycles. The summed E-state index contributed by atoms with van der Waals surface area (Å²) in [5, 5.41) is 13.3. The van der Waals surface area contributed by atoms with Gasteiger partial charge in [-0.3, -0.25) is 4.79 Å². The molecule has 0 bridgehead atoms. The van der Waals surface area contributed by atoms with E-state index in [0.29, 0.717) is 17.9 Å². The van der Waals surface area contributed by atoms with E-state index >= 15 is 0 Å². The highest BCUT2D eigenvalue weighted by atomic mass is 16.5. The first-order valence-electron chi connectivity index (χ1n) is 10.3. The molecule has 0 fully saturated rings. The fourth-order valence-corrected chi connectivity index (χ4v) is 3.08. The number of hydrogen-bond acceptors (Lipinski definition) is 3. The van der Waals surface area contributed by atoms with Crippen molar-refractivity contribution in [1.29, 1.82) is 0 Å². The average Bonchev–Trinajstić information content (AvgIpc) is 2.64. The maximum Gasteiger partial charge on any atom is 0.247 e. The second kappa shape index (κ2) is 10.1. The standard InChI is InChI=1S/C26H33NO3/c1-16(2)10-11-30-25-9-8-21(15-24(25)28)23-14-18(5)22(12-19(23)6)13-20(7)26(29)27-17(3)4/h8-10,12-15,17,28H,11H2,1-7H3,(H,27,29)/b20-13+. The first kappa shape index (κ1) is 23.3. The summed E-state index contributed by atoms with van der Waals surface area (Å²) in [4.78, 5) is 12.2. The van der Waals surface area contributed by atoms with E-state index in [9.17, 15) is 9.90 Å². The highest BCUT2D eigenvalue weighted by Crippen LogP contribution is 2.34. The van der Waals surface area contributed by atoms with Gasteiger partial charge in [0.25, 0.3) is 0 Å². The van der Waals surface area contributed by atoms with Gasteiger partial charge in [0.2, 0.25) is 5.91 Å². The minimum Gasteiger partial charge on any atom is -0.504 e. The number of hydrogen-bond donors (Lipinski definition) is 2. The lowest BCUT2D eigenvalue weighted by Gasteiger charge is -2.14. The summed E-state index contributed by atoms with van der Waals surface area (Å²) in [6.45, 7) is 14.2. The van der Waals surface area contributed by atoms with Crippen LogP contribution in [0.3, 0.4) is 0 Å². The quantitative estimate of drug-likeness (QED) is 0.440. The molecule has 0 unspecified atom stereocenters. The smallest absolute Gasteiger partial charge is 0.247 e. The van der Waals surface area contributed by atoms with Gasteiger partial charge in [-0.25, -0.2) is 0 Å². The number of aryl methyl sites for hydroxylation is 2. The summed E-state index contributed by atoms with van der Waals surface area (Å²) in [5.41, 5.74) is 6.96. The van der Waals surface area contributed by atoms with E-state index in [-0.39, 0.29) is 17.7 Å². The Bertz CT molecular complexity index is 980. The van der Waals surface area contributed by atoms with Crippen molar-refractivity contribution in [3.63, 3.8) is 0 Å². The van der Waals surface area contributed by atoms with E-state index in [1.807, 2.05) is 66.7 Å². The lowest BCUT2D eigenvalue weighted by atomic mass is 9.94. The normalized spacial score (nSPS) is 11.4. The predicted octanol–water partition coefficient (Wildman–Crippen LogP) is 5.95. The molecule has 0 spiro atoms. The summed E-state index contributed by atoms with van der Waals surface area (Å²) in [6, 6.07) is 9.76. The Morgan fingerprint density at radius 3 is 2.40 bits per heavy atom. The highest BCUT2D eigenvalue weighted by molar-refractivity contribution is 5.97. The maximum atomic E-state index is 12.2. The number of nitrogens with one attached hydrogen (secondary N) is 1. The Morgan fingerprint density at radius 1 is 1.10 bits per heavy atom. The van der Waals surface area contributed by atoms with Crippen LogP contribution in [0.1, 0.15) is 51.3 Å². The van der Waals surface area contributed by atoms with Crippen molar-refractivity contribution >= 4 is 12.0 Å². The van der Waals surface area contributed by atoms with E-state index in [1.165, 1.54) is 5.57 Å². The Hall–Kier alpha value is -3.01. The first-order chi connectivity index (χ1) is 14.1. The fraction of sp³-hybridized carbons (Fsp3) is 0.346. The second-order valence-corrected chi connectivity index (χ2v) is 8.25. The Balaban J connectivity index is 2.30. The number of allylic oxidation sites excluding steroid dienone is 1. The number of carbonyl (C=O) groups excluding carboxylic acids is 1. The molecule has 2 aromatic rings. The molecule has 0 saturated carbocycles. The number of amides is 1. The molecule has 2 rings (SSSR count). The number of rotatable bonds is 7. The van der Waals surface area contributed by atoms with Crippen LogP contribution in [0.4, 0.5) is 0 Å². The third-order valence-electron chi connectivity index (χ3n) is 4.76. The summed E-state index contributed by atoms with van der Waals surface area (Å²) < 4.78 is 5.63. The monoisotopic (exact) mass is 407 g/mol. The largest absolute Gasteiger partial charge is 0.504 e. The minimum absolute atomic E-state index is 0.0558. The predicted molar refractivity (Wildman–Crippen MR) is 125 cm³/mol. The fourth-order valence-electron chi connectivity index (χ4n) is 3.08. The number of ether oxygens (including phenoxy) is 1. The van der Waals surface area contributed by atoms with Crippen molar-refractivity contribution in [1.82, 2.24) is 5.32 Å². The molecule has 0 saturated heterocycles. The SMILES string of the molecule is CC(C)=CCOc1ccc(-c2cc(C)c(/C=C(\C)C(=O)NC(C)C)cc2C)cc1O. The molecule has 0 radical (unpaired) electrons. The van der Waals surface area contributed by atoms with Crippen LogP contribution in [-0.2, 0) is 4.79 Å². The van der Waals surface area contributed by atoms with Crippen molar-refractivity contribution in [3.05, 3.63) is 64.2 Å². The summed E-state index contributed by atoms with van der Waals surface area (Å²) in [5.74, 6) is 0.536. The lowest BCUT2D eigenvalue weighted by Crippen LogP contribution is -2.30. The van der Waals surface area contributed by atoms with Crippen molar-refractivity contribution in [2.24, 2.45) is 0 Å². The summed E-state index contributed by atoms with van der Waals surface area (Å²) >= 11 is 0. The molecule has 0 aliphatic carbocycles. The molecule has 0 aliphatic rings. The van der Waals surface area contributed by atoms with E-state index in [0.717, 1.165) is 27.8 Å². The van der Waals surface area contributed by atoms with Gasteiger partial charge >= 0.3 is 0 Å². The van der Waals surface area contributed by atoms with Crippen LogP contribution in [-0.4, -0.2) is 23.7 Å². The number of phenols is 1. The van der Waals surface area contributed by atoms with E-state index in [4.69, 9.17) is 4.74 Å². The summed E-state index contributed by atoms with van der Waals surface area (Å²) in [6.07, 6.45) is 3.89. The number of carbonyl (C=O) groups is 1. The van der Waals surface area contributed by atoms with Crippen LogP contribution in [0.5, 0.6) is 11.5 Å². The molecule has 2 N–H and O–H groups in total. The van der Waals surface area contributed by atoms with Crippen LogP contribution in [0.15, 0.2) is 47.6 Å². The van der Waals surface area contributed by atoms with Crippen molar-refractivity contribution in [3.8, 4) is 22.6 Å². The van der Waals surface area contributed by atoms with Gasteiger partial charge in [-0.1, -0.05) is 23.8 Å². The Labute approximate surface area is 180 Å². The molecule has 1 amide bonds. The van der Waals surface area contributed by atoms with Gasteiger partial charge in [-0.2, -0.15) is 0 Å². The maximum absolute atomic E-state index is 12.2. The third kappa shape index (κ3) is 6.24. The second-order valence-electron chi connectivity index (χ2n) is 8.25. The molecular weight excluding hydrogens is 374 g/mol. The highest BCUT2D eigenvalue weighted by Gasteiger charge is 2.11. The minimum atomic E-state index is -0.0558. The Morgan fingerprint density at radius 2 is 1.80 bits per heavy atom. The Kier molecular flexibility index (Phi) is 7.87. The van der Waals surface area contributed by atoms with Crippen LogP contribution < -0.4 is 10.1 Å². The van der Waals surface area contributed by atoms with Gasteiger partial charge in [0, 0.05) is 11.6 Å². The van der Waals surface area contributed by atoms with Gasteiger partial charge in [0.05, 0.1) is 0 Å². The van der Waals surface area contributed by atoms with Gasteiger partial charge in [0.1, 0.15) is 6.61 Å². The molecule has 0 aromatic heterocycles. The first-order valence-corrected chi connectivity index (χ1v) is 10.3. The molecule has 2 aromatic carbocycles. The molecular formula is C26H33NO3. The van der Waals surface area contributed by atoms with Crippen LogP contribution in [0, 0.1) is 13.8 Å². The molecule has 0 atom stereocenters. The molecule has 4 nitrogen and oxygen atoms in total. The van der Waals surface area contributed by atoms with E-state index in [2.05, 4.69) is 17.4 Å². The van der Waals surface area contributed by atoms with Gasteiger partial charge in [-0.05, 0) is 101 Å². The summed E-state index contributed by atoms with van der Waals surface area (Å²) in [7, 11) is 0. The zero-order valence-corrected chi connectivity index (χ0v) is 19.1. The number of benzene rings is 2. The number of aromatic hydroxyl groups is 1. The van der Waals surface area contributed by atoms with Gasteiger partial charge in [0.15, 0.2) is 11.5 Å². The van der Waals surface area contributed by atoms with Crippen LogP contribution in [0.25, 0.3) is 17.2 Å². The molecule has 160 valence electrons. The van der Waals surface area contributed by atoms with Crippen molar-refractivity contribution in [2.75, 3.05) is 6.61 Å². The lowest BCUT2D eigenvalue weighted by molar-refractivity contribution is -0.117. The van der Waals surface area contributed by atoms with Crippen LogP contribution >= 0.6 is 0 Å². The zero-order chi connectivity index (χ0) is 22.4. The molecule has 0 aliphatic heterocycles. The van der Waals surface area contributed by atoms with Crippen molar-refractivity contribution in [2.45, 2.75) is 54.5 Å². The van der Waals surface area contributed by atoms with E-state index < -0.39 is 0 Å². The van der Waals surface area contributed by atoms with Gasteiger partial charge in [-0.15, -0.1) is 0 Å². The number of phenolic OH excluding ortho intramolecular Hbond substituents is 1. The van der Waals surface area contributed by atoms with Crippen LogP contribution in [0.2, 0.25) is 0 Å². The van der Waals surface area contributed by atoms with Gasteiger partial charge < -0.3 is 15.2 Å². The zero-order valence-electron chi connectivity index (χ0n) is 19.1. The average molecular weight is 408 g/mol.